The van der Waals surface area contributed by atoms with Crippen LogP contribution in [0.1, 0.15) is 20.8 Å². The first-order valence-electron chi connectivity index (χ1n) is 7.29. The van der Waals surface area contributed by atoms with Crippen molar-refractivity contribution >= 4 is 46.5 Å². The van der Waals surface area contributed by atoms with E-state index in [1.54, 1.807) is 11.8 Å². The van der Waals surface area contributed by atoms with Crippen molar-refractivity contribution in [3.8, 4) is 5.75 Å². The van der Waals surface area contributed by atoms with E-state index in [0.717, 1.165) is 14.4 Å². The minimum atomic E-state index is -0.267. The van der Waals surface area contributed by atoms with Gasteiger partial charge < -0.3 is 10.1 Å². The van der Waals surface area contributed by atoms with Crippen molar-refractivity contribution < 1.29 is 9.53 Å². The van der Waals surface area contributed by atoms with Gasteiger partial charge in [-0.25, -0.2) is 0 Å². The van der Waals surface area contributed by atoms with Crippen molar-refractivity contribution in [3.05, 3.63) is 24.3 Å². The summed E-state index contributed by atoms with van der Waals surface area (Å²) in [6.07, 6.45) is 0. The van der Waals surface area contributed by atoms with E-state index in [2.05, 4.69) is 22.4 Å². The van der Waals surface area contributed by atoms with Gasteiger partial charge in [0, 0.05) is 0 Å². The lowest BCUT2D eigenvalue weighted by Crippen LogP contribution is -2.22. The summed E-state index contributed by atoms with van der Waals surface area (Å²) in [4.78, 5) is 12.4. The fourth-order valence-corrected chi connectivity index (χ4v) is 4.78. The highest BCUT2D eigenvalue weighted by Crippen LogP contribution is 2.32. The molecule has 1 amide bonds. The third-order valence-electron chi connectivity index (χ3n) is 2.75. The standard InChI is InChI=1S/C15H19N3O2S3/c1-4-20-12-9-7-6-8-11(12)16-13(19)10(3)22-15-18-17-14(23-15)21-5-2/h6-10H,4-5H2,1-3H3,(H,16,19)/t10-/m1/s1. The molecule has 1 N–H and O–H groups in total. The fraction of sp³-hybridized carbons (Fsp3) is 0.400. The lowest BCUT2D eigenvalue weighted by molar-refractivity contribution is -0.115. The summed E-state index contributed by atoms with van der Waals surface area (Å²) in [7, 11) is 0. The molecule has 1 aromatic carbocycles. The number of amides is 1. The monoisotopic (exact) mass is 369 g/mol. The third kappa shape index (κ3) is 5.40. The molecule has 1 atom stereocenters. The van der Waals surface area contributed by atoms with Crippen LogP contribution in [-0.4, -0.2) is 33.7 Å². The van der Waals surface area contributed by atoms with Crippen LogP contribution in [0.25, 0.3) is 0 Å². The molecule has 0 saturated heterocycles. The molecule has 1 aromatic heterocycles. The lowest BCUT2D eigenvalue weighted by atomic mass is 10.3. The maximum atomic E-state index is 12.4. The van der Waals surface area contributed by atoms with Crippen LogP contribution in [0.15, 0.2) is 32.9 Å². The number of rotatable bonds is 8. The van der Waals surface area contributed by atoms with Crippen molar-refractivity contribution in [1.29, 1.82) is 0 Å². The highest BCUT2D eigenvalue weighted by molar-refractivity contribution is 8.03. The predicted octanol–water partition coefficient (Wildman–Crippen LogP) is 4.17. The van der Waals surface area contributed by atoms with Crippen molar-refractivity contribution in [1.82, 2.24) is 10.2 Å². The minimum Gasteiger partial charge on any atom is -0.492 e. The van der Waals surface area contributed by atoms with Gasteiger partial charge in [0.1, 0.15) is 5.75 Å². The normalized spacial score (nSPS) is 12.0. The summed E-state index contributed by atoms with van der Waals surface area (Å²) in [5.74, 6) is 1.56. The molecule has 0 aliphatic rings. The fourth-order valence-electron chi connectivity index (χ4n) is 1.72. The number of anilines is 1. The maximum Gasteiger partial charge on any atom is 0.237 e. The number of thioether (sulfide) groups is 2. The molecular formula is C15H19N3O2S3. The molecule has 0 aliphatic heterocycles. The molecule has 0 aliphatic carbocycles. The number of hydrogen-bond donors (Lipinski definition) is 1. The van der Waals surface area contributed by atoms with Crippen LogP contribution in [0.4, 0.5) is 5.69 Å². The summed E-state index contributed by atoms with van der Waals surface area (Å²) in [6, 6.07) is 7.43. The van der Waals surface area contributed by atoms with Crippen molar-refractivity contribution in [2.75, 3.05) is 17.7 Å². The van der Waals surface area contributed by atoms with Crippen LogP contribution in [0.3, 0.4) is 0 Å². The quantitative estimate of drug-likeness (QED) is 0.705. The zero-order valence-corrected chi connectivity index (χ0v) is 15.7. The molecule has 0 fully saturated rings. The van der Waals surface area contributed by atoms with Gasteiger partial charge in [0.15, 0.2) is 8.68 Å². The first-order valence-corrected chi connectivity index (χ1v) is 9.97. The molecule has 1 heterocycles. The number of benzene rings is 1. The molecule has 8 heteroatoms. The number of carbonyl (C=O) groups excluding carboxylic acids is 1. The average Bonchev–Trinajstić information content (AvgIpc) is 2.97. The first kappa shape index (κ1) is 18.1. The first-order chi connectivity index (χ1) is 11.1. The Kier molecular flexibility index (Phi) is 7.19. The van der Waals surface area contributed by atoms with Gasteiger partial charge in [0.25, 0.3) is 0 Å². The van der Waals surface area contributed by atoms with E-state index < -0.39 is 0 Å². The van der Waals surface area contributed by atoms with Crippen LogP contribution in [0, 0.1) is 0 Å². The van der Waals surface area contributed by atoms with Gasteiger partial charge >= 0.3 is 0 Å². The summed E-state index contributed by atoms with van der Waals surface area (Å²) in [6.45, 7) is 6.40. The summed E-state index contributed by atoms with van der Waals surface area (Å²) in [5.41, 5.74) is 0.686. The summed E-state index contributed by atoms with van der Waals surface area (Å²) >= 11 is 4.59. The van der Waals surface area contributed by atoms with Crippen LogP contribution in [0.5, 0.6) is 5.75 Å². The topological polar surface area (TPSA) is 64.1 Å². The zero-order valence-electron chi connectivity index (χ0n) is 13.2. The third-order valence-corrected chi connectivity index (χ3v) is 5.87. The Labute approximate surface area is 148 Å². The van der Waals surface area contributed by atoms with Crippen molar-refractivity contribution in [2.45, 2.75) is 34.7 Å². The summed E-state index contributed by atoms with van der Waals surface area (Å²) in [5, 5.41) is 10.9. The Morgan fingerprint density at radius 3 is 2.78 bits per heavy atom. The van der Waals surface area contributed by atoms with Crippen molar-refractivity contribution in [3.63, 3.8) is 0 Å². The van der Waals surface area contributed by atoms with Gasteiger partial charge in [0.2, 0.25) is 5.91 Å². The number of hydrogen-bond acceptors (Lipinski definition) is 7. The van der Waals surface area contributed by atoms with Gasteiger partial charge in [-0.2, -0.15) is 0 Å². The van der Waals surface area contributed by atoms with Crippen molar-refractivity contribution in [2.24, 2.45) is 0 Å². The predicted molar refractivity (Wildman–Crippen MR) is 97.9 cm³/mol. The minimum absolute atomic E-state index is 0.0814. The van der Waals surface area contributed by atoms with Crippen LogP contribution < -0.4 is 10.1 Å². The van der Waals surface area contributed by atoms with E-state index in [4.69, 9.17) is 4.74 Å². The van der Waals surface area contributed by atoms with E-state index in [0.29, 0.717) is 18.0 Å². The number of ether oxygens (including phenoxy) is 1. The Hall–Kier alpha value is -1.25. The lowest BCUT2D eigenvalue weighted by Gasteiger charge is -2.13. The van der Waals surface area contributed by atoms with Gasteiger partial charge in [0.05, 0.1) is 17.5 Å². The molecule has 0 unspecified atom stereocenters. The molecule has 0 saturated carbocycles. The van der Waals surface area contributed by atoms with Gasteiger partial charge in [-0.15, -0.1) is 10.2 Å². The second-order valence-electron chi connectivity index (χ2n) is 4.45. The smallest absolute Gasteiger partial charge is 0.237 e. The van der Waals surface area contributed by atoms with E-state index in [9.17, 15) is 4.79 Å². The van der Waals surface area contributed by atoms with Gasteiger partial charge in [-0.1, -0.05) is 53.9 Å². The Morgan fingerprint density at radius 1 is 1.30 bits per heavy atom. The second kappa shape index (κ2) is 9.14. The van der Waals surface area contributed by atoms with E-state index in [1.165, 1.54) is 23.1 Å². The molecule has 2 aromatic rings. The van der Waals surface area contributed by atoms with Crippen LogP contribution in [-0.2, 0) is 4.79 Å². The number of para-hydroxylation sites is 2. The number of nitrogens with one attached hydrogen (secondary N) is 1. The largest absolute Gasteiger partial charge is 0.492 e. The van der Waals surface area contributed by atoms with Gasteiger partial charge in [-0.3, -0.25) is 4.79 Å². The van der Waals surface area contributed by atoms with Crippen LogP contribution >= 0.6 is 34.9 Å². The molecule has 2 rings (SSSR count). The number of nitrogens with zero attached hydrogens (tertiary/aromatic N) is 2. The van der Waals surface area contributed by atoms with Crippen LogP contribution in [0.2, 0.25) is 0 Å². The molecule has 0 bridgehead atoms. The van der Waals surface area contributed by atoms with Gasteiger partial charge in [-0.05, 0) is 31.7 Å². The molecule has 124 valence electrons. The number of aromatic nitrogens is 2. The number of carbonyl (C=O) groups is 1. The molecular weight excluding hydrogens is 350 g/mol. The SMILES string of the molecule is CCOc1ccccc1NC(=O)[C@@H](C)Sc1nnc(SCC)s1. The molecule has 0 radical (unpaired) electrons. The summed E-state index contributed by atoms with van der Waals surface area (Å²) < 4.78 is 7.26. The Bertz CT molecular complexity index is 648. The zero-order chi connectivity index (χ0) is 16.7. The second-order valence-corrected chi connectivity index (χ2v) is 8.52. The maximum absolute atomic E-state index is 12.4. The molecule has 5 nitrogen and oxygen atoms in total. The highest BCUT2D eigenvalue weighted by atomic mass is 32.2. The van der Waals surface area contributed by atoms with E-state index >= 15 is 0 Å². The average molecular weight is 370 g/mol. The molecule has 23 heavy (non-hydrogen) atoms. The Balaban J connectivity index is 1.97. The Morgan fingerprint density at radius 2 is 2.04 bits per heavy atom. The molecule has 0 spiro atoms. The van der Waals surface area contributed by atoms with E-state index in [1.807, 2.05) is 38.1 Å². The highest BCUT2D eigenvalue weighted by Gasteiger charge is 2.18. The van der Waals surface area contributed by atoms with E-state index in [-0.39, 0.29) is 11.2 Å².